The highest BCUT2D eigenvalue weighted by atomic mass is 16.5. The summed E-state index contributed by atoms with van der Waals surface area (Å²) in [6.45, 7) is 4.09. The number of hydrogen-bond acceptors (Lipinski definition) is 4. The number of hydrogen-bond donors (Lipinski definition) is 1. The maximum atomic E-state index is 12.4. The molecular formula is C22H28N2O3. The highest BCUT2D eigenvalue weighted by molar-refractivity contribution is 6.01. The first kappa shape index (κ1) is 19.4. The van der Waals surface area contributed by atoms with Crippen molar-refractivity contribution in [1.29, 1.82) is 0 Å². The lowest BCUT2D eigenvalue weighted by Crippen LogP contribution is -2.28. The van der Waals surface area contributed by atoms with Gasteiger partial charge in [0, 0.05) is 24.9 Å². The van der Waals surface area contributed by atoms with Gasteiger partial charge in [-0.25, -0.2) is 0 Å². The van der Waals surface area contributed by atoms with Crippen molar-refractivity contribution in [2.75, 3.05) is 33.3 Å². The Morgan fingerprint density at radius 1 is 1.04 bits per heavy atom. The molecule has 2 aromatic carbocycles. The summed E-state index contributed by atoms with van der Waals surface area (Å²) in [5, 5.41) is 4.95. The molecular weight excluding hydrogens is 340 g/mol. The number of ketones is 1. The Hall–Kier alpha value is -2.40. The van der Waals surface area contributed by atoms with Gasteiger partial charge in [-0.1, -0.05) is 18.2 Å². The molecule has 3 rings (SSSR count). The van der Waals surface area contributed by atoms with Gasteiger partial charge in [-0.15, -0.1) is 0 Å². The number of Topliss-reactive ketones (excluding diaryl/α,β-unsaturated/α-hetero) is 1. The molecule has 2 aromatic rings. The molecule has 0 radical (unpaired) electrons. The molecule has 0 spiro atoms. The van der Waals surface area contributed by atoms with Gasteiger partial charge in [0.1, 0.15) is 5.75 Å². The van der Waals surface area contributed by atoms with E-state index in [9.17, 15) is 9.59 Å². The van der Waals surface area contributed by atoms with Gasteiger partial charge in [-0.05, 0) is 67.9 Å². The normalized spacial score (nSPS) is 14.4. The maximum Gasteiger partial charge on any atom is 0.220 e. The van der Waals surface area contributed by atoms with E-state index in [-0.39, 0.29) is 24.5 Å². The minimum atomic E-state index is -0.0460. The minimum Gasteiger partial charge on any atom is -0.497 e. The fourth-order valence-corrected chi connectivity index (χ4v) is 3.52. The first-order valence-corrected chi connectivity index (χ1v) is 9.76. The molecule has 0 aliphatic carbocycles. The monoisotopic (exact) mass is 368 g/mol. The van der Waals surface area contributed by atoms with Crippen molar-refractivity contribution < 1.29 is 14.3 Å². The Balaban J connectivity index is 1.42. The molecule has 1 aliphatic rings. The van der Waals surface area contributed by atoms with E-state index in [1.54, 1.807) is 7.11 Å². The zero-order chi connectivity index (χ0) is 19.1. The second-order valence-corrected chi connectivity index (χ2v) is 7.10. The molecule has 0 atom stereocenters. The van der Waals surface area contributed by atoms with Crippen LogP contribution in [0.25, 0.3) is 10.8 Å². The van der Waals surface area contributed by atoms with E-state index in [0.29, 0.717) is 12.1 Å². The zero-order valence-electron chi connectivity index (χ0n) is 16.0. The second-order valence-electron chi connectivity index (χ2n) is 7.10. The van der Waals surface area contributed by atoms with Gasteiger partial charge >= 0.3 is 0 Å². The van der Waals surface area contributed by atoms with Crippen LogP contribution in [0.3, 0.4) is 0 Å². The number of rotatable bonds is 9. The molecule has 1 N–H and O–H groups in total. The Kier molecular flexibility index (Phi) is 6.82. The summed E-state index contributed by atoms with van der Waals surface area (Å²) in [7, 11) is 1.64. The summed E-state index contributed by atoms with van der Waals surface area (Å²) < 4.78 is 5.22. The standard InChI is InChI=1S/C22H28N2O3/c1-27-20-8-7-17-15-19(6-5-18(17)16-20)21(25)9-10-22(26)23-11-4-14-24-12-2-3-13-24/h5-8,15-16H,2-4,9-14H2,1H3,(H,23,26). The van der Waals surface area contributed by atoms with Crippen molar-refractivity contribution in [1.82, 2.24) is 10.2 Å². The molecule has 1 fully saturated rings. The topological polar surface area (TPSA) is 58.6 Å². The molecule has 0 unspecified atom stereocenters. The summed E-state index contributed by atoms with van der Waals surface area (Å²) in [5.41, 5.74) is 0.648. The van der Waals surface area contributed by atoms with Crippen molar-refractivity contribution in [3.8, 4) is 5.75 Å². The Labute approximate surface area is 160 Å². The van der Waals surface area contributed by atoms with E-state index in [4.69, 9.17) is 4.74 Å². The third-order valence-electron chi connectivity index (χ3n) is 5.12. The van der Waals surface area contributed by atoms with E-state index < -0.39 is 0 Å². The van der Waals surface area contributed by atoms with E-state index in [0.717, 1.165) is 29.5 Å². The van der Waals surface area contributed by atoms with Crippen LogP contribution >= 0.6 is 0 Å². The van der Waals surface area contributed by atoms with Crippen LogP contribution < -0.4 is 10.1 Å². The smallest absolute Gasteiger partial charge is 0.220 e. The van der Waals surface area contributed by atoms with Crippen molar-refractivity contribution in [3.05, 3.63) is 42.0 Å². The van der Waals surface area contributed by atoms with Gasteiger partial charge in [-0.2, -0.15) is 0 Å². The van der Waals surface area contributed by atoms with Gasteiger partial charge in [-0.3, -0.25) is 9.59 Å². The van der Waals surface area contributed by atoms with Gasteiger partial charge in [0.05, 0.1) is 7.11 Å². The number of likely N-dealkylation sites (tertiary alicyclic amines) is 1. The largest absolute Gasteiger partial charge is 0.497 e. The predicted molar refractivity (Wildman–Crippen MR) is 107 cm³/mol. The van der Waals surface area contributed by atoms with Crippen LogP contribution in [0.1, 0.15) is 42.5 Å². The number of benzene rings is 2. The number of carbonyl (C=O) groups excluding carboxylic acids is 2. The number of carbonyl (C=O) groups is 2. The van der Waals surface area contributed by atoms with Crippen LogP contribution in [0, 0.1) is 0 Å². The van der Waals surface area contributed by atoms with Crippen LogP contribution in [0.2, 0.25) is 0 Å². The summed E-state index contributed by atoms with van der Waals surface area (Å²) in [4.78, 5) is 26.8. The van der Waals surface area contributed by atoms with E-state index in [2.05, 4.69) is 10.2 Å². The fraction of sp³-hybridized carbons (Fsp3) is 0.455. The molecule has 1 aliphatic heterocycles. The second kappa shape index (κ2) is 9.51. The average molecular weight is 368 g/mol. The first-order chi connectivity index (χ1) is 13.2. The van der Waals surface area contributed by atoms with E-state index in [1.165, 1.54) is 25.9 Å². The van der Waals surface area contributed by atoms with Gasteiger partial charge in [0.15, 0.2) is 5.78 Å². The molecule has 144 valence electrons. The molecule has 1 heterocycles. The van der Waals surface area contributed by atoms with Crippen molar-refractivity contribution in [3.63, 3.8) is 0 Å². The quantitative estimate of drug-likeness (QED) is 0.544. The number of fused-ring (bicyclic) bond motifs is 1. The number of amides is 1. The van der Waals surface area contributed by atoms with E-state index >= 15 is 0 Å². The Morgan fingerprint density at radius 2 is 1.78 bits per heavy atom. The molecule has 27 heavy (non-hydrogen) atoms. The SMILES string of the molecule is COc1ccc2cc(C(=O)CCC(=O)NCCCN3CCCC3)ccc2c1. The minimum absolute atomic E-state index is 0.0000604. The summed E-state index contributed by atoms with van der Waals surface area (Å²) in [6.07, 6.45) is 4.02. The molecule has 0 saturated carbocycles. The van der Waals surface area contributed by atoms with Gasteiger partial charge in [0.2, 0.25) is 5.91 Å². The highest BCUT2D eigenvalue weighted by Crippen LogP contribution is 2.22. The molecule has 5 heteroatoms. The van der Waals surface area contributed by atoms with Gasteiger partial charge < -0.3 is 15.0 Å². The molecule has 0 aromatic heterocycles. The Morgan fingerprint density at radius 3 is 2.56 bits per heavy atom. The number of methoxy groups -OCH3 is 1. The highest BCUT2D eigenvalue weighted by Gasteiger charge is 2.12. The van der Waals surface area contributed by atoms with Crippen molar-refractivity contribution in [2.45, 2.75) is 32.1 Å². The fourth-order valence-electron chi connectivity index (χ4n) is 3.52. The number of ether oxygens (including phenoxy) is 1. The van der Waals surface area contributed by atoms with Crippen LogP contribution in [-0.4, -0.2) is 49.9 Å². The maximum absolute atomic E-state index is 12.4. The lowest BCUT2D eigenvalue weighted by atomic mass is 10.0. The molecule has 1 saturated heterocycles. The van der Waals surface area contributed by atoms with Gasteiger partial charge in [0.25, 0.3) is 0 Å². The van der Waals surface area contributed by atoms with Crippen LogP contribution in [0.5, 0.6) is 5.75 Å². The zero-order valence-corrected chi connectivity index (χ0v) is 16.0. The predicted octanol–water partition coefficient (Wildman–Crippen LogP) is 3.41. The summed E-state index contributed by atoms with van der Waals surface area (Å²) in [6, 6.07) is 11.4. The third-order valence-corrected chi connectivity index (χ3v) is 5.12. The Bertz CT molecular complexity index is 797. The lowest BCUT2D eigenvalue weighted by molar-refractivity contribution is -0.121. The van der Waals surface area contributed by atoms with Crippen molar-refractivity contribution >= 4 is 22.5 Å². The number of nitrogens with zero attached hydrogens (tertiary/aromatic N) is 1. The van der Waals surface area contributed by atoms with Crippen LogP contribution in [0.4, 0.5) is 0 Å². The van der Waals surface area contributed by atoms with Crippen molar-refractivity contribution in [2.24, 2.45) is 0 Å². The first-order valence-electron chi connectivity index (χ1n) is 9.76. The average Bonchev–Trinajstić information content (AvgIpc) is 3.22. The van der Waals surface area contributed by atoms with E-state index in [1.807, 2.05) is 36.4 Å². The summed E-state index contributed by atoms with van der Waals surface area (Å²) >= 11 is 0. The summed E-state index contributed by atoms with van der Waals surface area (Å²) in [5.74, 6) is 0.748. The molecule has 5 nitrogen and oxygen atoms in total. The molecule has 1 amide bonds. The number of nitrogens with one attached hydrogen (secondary N) is 1. The third kappa shape index (κ3) is 5.54. The van der Waals surface area contributed by atoms with Crippen LogP contribution in [0.15, 0.2) is 36.4 Å². The lowest BCUT2D eigenvalue weighted by Gasteiger charge is -2.14. The molecule has 0 bridgehead atoms. The van der Waals surface area contributed by atoms with Crippen LogP contribution in [-0.2, 0) is 4.79 Å².